The van der Waals surface area contributed by atoms with Crippen LogP contribution in [0.15, 0.2) is 54.6 Å². The van der Waals surface area contributed by atoms with Gasteiger partial charge in [-0.1, -0.05) is 41.9 Å². The zero-order valence-corrected chi connectivity index (χ0v) is 16.3. The number of carbonyl (C=O) groups is 3. The van der Waals surface area contributed by atoms with Crippen molar-refractivity contribution >= 4 is 34.8 Å². The van der Waals surface area contributed by atoms with Crippen molar-refractivity contribution < 1.29 is 28.4 Å². The Kier molecular flexibility index (Phi) is 5.08. The van der Waals surface area contributed by atoms with Crippen LogP contribution in [0, 0.1) is 15.9 Å². The maximum Gasteiger partial charge on any atom is 0.345 e. The van der Waals surface area contributed by atoms with Gasteiger partial charge in [0.05, 0.1) is 9.95 Å². The minimum Gasteiger partial charge on any atom is -0.457 e. The van der Waals surface area contributed by atoms with Crippen molar-refractivity contribution in [3.63, 3.8) is 0 Å². The van der Waals surface area contributed by atoms with Crippen LogP contribution in [0.3, 0.4) is 0 Å². The summed E-state index contributed by atoms with van der Waals surface area (Å²) in [7, 11) is 0. The number of hydrogen-bond acceptors (Lipinski definition) is 6. The van der Waals surface area contributed by atoms with Crippen molar-refractivity contribution in [2.24, 2.45) is 0 Å². The van der Waals surface area contributed by atoms with Gasteiger partial charge in [0.2, 0.25) is 5.78 Å². The van der Waals surface area contributed by atoms with Crippen LogP contribution in [0.5, 0.6) is 0 Å². The summed E-state index contributed by atoms with van der Waals surface area (Å²) in [5.74, 6) is -3.18. The van der Waals surface area contributed by atoms with Crippen LogP contribution < -0.4 is 0 Å². The fraction of sp³-hybridized carbons (Fsp3) is 0.0455. The van der Waals surface area contributed by atoms with E-state index < -0.39 is 51.7 Å². The molecule has 0 spiro atoms. The van der Waals surface area contributed by atoms with Crippen molar-refractivity contribution in [1.82, 2.24) is 0 Å². The van der Waals surface area contributed by atoms with Crippen molar-refractivity contribution in [3.05, 3.63) is 109 Å². The number of rotatable bonds is 4. The van der Waals surface area contributed by atoms with Crippen molar-refractivity contribution in [2.75, 3.05) is 0 Å². The lowest BCUT2D eigenvalue weighted by molar-refractivity contribution is -0.385. The molecule has 0 saturated carbocycles. The van der Waals surface area contributed by atoms with E-state index in [-0.39, 0.29) is 27.3 Å². The van der Waals surface area contributed by atoms with Crippen LogP contribution in [0.4, 0.5) is 10.1 Å². The second-order valence-electron chi connectivity index (χ2n) is 6.62. The van der Waals surface area contributed by atoms with Crippen LogP contribution in [0.25, 0.3) is 0 Å². The van der Waals surface area contributed by atoms with Crippen LogP contribution >= 0.6 is 11.6 Å². The third-order valence-corrected chi connectivity index (χ3v) is 5.23. The first kappa shape index (κ1) is 20.4. The molecule has 9 heteroatoms. The van der Waals surface area contributed by atoms with Crippen molar-refractivity contribution in [3.8, 4) is 0 Å². The number of nitro groups is 1. The Morgan fingerprint density at radius 1 is 0.968 bits per heavy atom. The summed E-state index contributed by atoms with van der Waals surface area (Å²) in [5.41, 5.74) is -1.99. The Balaban J connectivity index is 1.77. The zero-order chi connectivity index (χ0) is 22.3. The summed E-state index contributed by atoms with van der Waals surface area (Å²) < 4.78 is 18.9. The van der Waals surface area contributed by atoms with Crippen LogP contribution in [0.2, 0.25) is 5.02 Å². The summed E-state index contributed by atoms with van der Waals surface area (Å²) in [6.45, 7) is -0.575. The van der Waals surface area contributed by atoms with Gasteiger partial charge in [-0.05, 0) is 24.3 Å². The SMILES string of the molecule is O=C1c2ccccc2C(=O)c2c1ccc(C(=O)OCc1c(F)cccc1Cl)c2[N+](=O)[O-]. The Morgan fingerprint density at radius 2 is 1.65 bits per heavy atom. The summed E-state index contributed by atoms with van der Waals surface area (Å²) in [5, 5.41) is 11.8. The molecular weight excluding hydrogens is 429 g/mol. The highest BCUT2D eigenvalue weighted by molar-refractivity contribution is 6.31. The van der Waals surface area contributed by atoms with Gasteiger partial charge < -0.3 is 4.74 Å². The van der Waals surface area contributed by atoms with Gasteiger partial charge in [0.15, 0.2) is 5.78 Å². The van der Waals surface area contributed by atoms with E-state index >= 15 is 0 Å². The molecular formula is C22H11ClFNO6. The Hall–Kier alpha value is -3.91. The lowest BCUT2D eigenvalue weighted by Gasteiger charge is -2.18. The summed E-state index contributed by atoms with van der Waals surface area (Å²) in [6, 6.07) is 12.0. The minimum atomic E-state index is -1.16. The first-order valence-electron chi connectivity index (χ1n) is 8.91. The van der Waals surface area contributed by atoms with Crippen LogP contribution in [0.1, 0.15) is 47.8 Å². The van der Waals surface area contributed by atoms with E-state index in [2.05, 4.69) is 0 Å². The number of nitrogens with zero attached hydrogens (tertiary/aromatic N) is 1. The first-order valence-corrected chi connectivity index (χ1v) is 9.29. The standard InChI is InChI=1S/C22H11ClFNO6/c23-16-6-3-7-17(24)15(16)10-31-22(28)14-9-8-13-18(19(14)25(29)30)21(27)12-5-2-1-4-11(12)20(13)26/h1-9H,10H2. The van der Waals surface area contributed by atoms with E-state index in [4.69, 9.17) is 16.3 Å². The van der Waals surface area contributed by atoms with Gasteiger partial charge in [-0.25, -0.2) is 9.18 Å². The summed E-state index contributed by atoms with van der Waals surface area (Å²) in [6.07, 6.45) is 0. The minimum absolute atomic E-state index is 0.00626. The number of nitro benzene ring substituents is 1. The molecule has 0 radical (unpaired) electrons. The highest BCUT2D eigenvalue weighted by atomic mass is 35.5. The van der Waals surface area contributed by atoms with E-state index in [0.717, 1.165) is 12.1 Å². The molecule has 0 unspecified atom stereocenters. The van der Waals surface area contributed by atoms with Crippen molar-refractivity contribution in [1.29, 1.82) is 0 Å². The number of hydrogen-bond donors (Lipinski definition) is 0. The molecule has 3 aromatic carbocycles. The maximum absolute atomic E-state index is 13.9. The number of carbonyl (C=O) groups excluding carboxylic acids is 3. The van der Waals surface area contributed by atoms with Crippen LogP contribution in [-0.2, 0) is 11.3 Å². The number of halogens is 2. The van der Waals surface area contributed by atoms with Gasteiger partial charge in [-0.3, -0.25) is 19.7 Å². The normalized spacial score (nSPS) is 12.2. The lowest BCUT2D eigenvalue weighted by Crippen LogP contribution is -2.23. The van der Waals surface area contributed by atoms with E-state index in [1.807, 2.05) is 0 Å². The van der Waals surface area contributed by atoms with Gasteiger partial charge in [-0.2, -0.15) is 0 Å². The smallest absolute Gasteiger partial charge is 0.345 e. The zero-order valence-electron chi connectivity index (χ0n) is 15.6. The molecule has 0 saturated heterocycles. The molecule has 0 heterocycles. The Bertz CT molecular complexity index is 1280. The van der Waals surface area contributed by atoms with E-state index in [0.29, 0.717) is 0 Å². The summed E-state index contributed by atoms with van der Waals surface area (Å²) in [4.78, 5) is 49.2. The third-order valence-electron chi connectivity index (χ3n) is 4.88. The topological polar surface area (TPSA) is 104 Å². The van der Waals surface area contributed by atoms with Gasteiger partial charge in [0, 0.05) is 22.3 Å². The predicted molar refractivity (Wildman–Crippen MR) is 107 cm³/mol. The molecule has 4 rings (SSSR count). The molecule has 1 aliphatic carbocycles. The predicted octanol–water partition coefficient (Wildman–Crippen LogP) is 4.52. The average molecular weight is 440 g/mol. The van der Waals surface area contributed by atoms with Gasteiger partial charge in [-0.15, -0.1) is 0 Å². The fourth-order valence-electron chi connectivity index (χ4n) is 3.41. The molecule has 0 aromatic heterocycles. The fourth-order valence-corrected chi connectivity index (χ4v) is 3.63. The third kappa shape index (κ3) is 3.36. The highest BCUT2D eigenvalue weighted by Crippen LogP contribution is 2.36. The second-order valence-corrected chi connectivity index (χ2v) is 7.03. The number of ketones is 2. The number of fused-ring (bicyclic) bond motifs is 2. The first-order chi connectivity index (χ1) is 14.8. The largest absolute Gasteiger partial charge is 0.457 e. The van der Waals surface area contributed by atoms with Gasteiger partial charge in [0.25, 0.3) is 5.69 Å². The number of ether oxygens (including phenoxy) is 1. The molecule has 31 heavy (non-hydrogen) atoms. The molecule has 7 nitrogen and oxygen atoms in total. The second kappa shape index (κ2) is 7.73. The highest BCUT2D eigenvalue weighted by Gasteiger charge is 2.39. The van der Waals surface area contributed by atoms with Gasteiger partial charge in [0.1, 0.15) is 23.6 Å². The molecule has 154 valence electrons. The number of esters is 1. The lowest BCUT2D eigenvalue weighted by atomic mass is 9.82. The van der Waals surface area contributed by atoms with E-state index in [9.17, 15) is 28.9 Å². The molecule has 0 atom stereocenters. The molecule has 3 aromatic rings. The number of benzene rings is 3. The molecule has 1 aliphatic rings. The van der Waals surface area contributed by atoms with E-state index in [1.165, 1.54) is 36.4 Å². The molecule has 0 N–H and O–H groups in total. The summed E-state index contributed by atoms with van der Waals surface area (Å²) >= 11 is 5.90. The monoisotopic (exact) mass is 439 g/mol. The average Bonchev–Trinajstić information content (AvgIpc) is 2.76. The molecule has 0 fully saturated rings. The Labute approximate surface area is 179 Å². The van der Waals surface area contributed by atoms with Gasteiger partial charge >= 0.3 is 5.97 Å². The quantitative estimate of drug-likeness (QED) is 0.263. The maximum atomic E-state index is 13.9. The molecule has 0 aliphatic heterocycles. The van der Waals surface area contributed by atoms with E-state index in [1.54, 1.807) is 6.07 Å². The Morgan fingerprint density at radius 3 is 2.29 bits per heavy atom. The van der Waals surface area contributed by atoms with Crippen molar-refractivity contribution in [2.45, 2.75) is 6.61 Å². The van der Waals surface area contributed by atoms with Crippen LogP contribution in [-0.4, -0.2) is 22.5 Å². The molecule has 0 amide bonds. The molecule has 0 bridgehead atoms.